The number of nitrogens with one attached hydrogen (secondary N) is 1. The molecule has 0 aliphatic carbocycles. The largest absolute Gasteiger partial charge is 0.473 e. The second kappa shape index (κ2) is 4.99. The topological polar surface area (TPSA) is 94.3 Å². The summed E-state index contributed by atoms with van der Waals surface area (Å²) in [7, 11) is -3.68. The van der Waals surface area contributed by atoms with Crippen LogP contribution in [0.25, 0.3) is 0 Å². The highest BCUT2D eigenvalue weighted by Crippen LogP contribution is 2.14. The Morgan fingerprint density at radius 1 is 1.47 bits per heavy atom. The lowest BCUT2D eigenvalue weighted by molar-refractivity contribution is 0.160. The fourth-order valence-electron chi connectivity index (χ4n) is 1.70. The molecule has 1 aliphatic heterocycles. The van der Waals surface area contributed by atoms with Crippen molar-refractivity contribution >= 4 is 10.0 Å². The summed E-state index contributed by atoms with van der Waals surface area (Å²) in [5.41, 5.74) is 0. The number of hydrogen-bond acceptors (Lipinski definition) is 5. The van der Waals surface area contributed by atoms with Gasteiger partial charge in [0.15, 0.2) is 0 Å². The van der Waals surface area contributed by atoms with Gasteiger partial charge in [0.05, 0.1) is 6.20 Å². The van der Waals surface area contributed by atoms with Gasteiger partial charge in [0.25, 0.3) is 0 Å². The summed E-state index contributed by atoms with van der Waals surface area (Å²) < 4.78 is 27.7. The van der Waals surface area contributed by atoms with Crippen molar-refractivity contribution in [2.45, 2.75) is 23.8 Å². The fourth-order valence-corrected chi connectivity index (χ4v) is 2.15. The SMILES string of the molecule is NS(=O)(=O)c1ccc(OC2CCCNC2)nc1. The number of sulfonamides is 1. The number of primary sulfonamides is 1. The molecule has 2 heterocycles. The summed E-state index contributed by atoms with van der Waals surface area (Å²) in [6.07, 6.45) is 3.35. The summed E-state index contributed by atoms with van der Waals surface area (Å²) in [6, 6.07) is 2.92. The highest BCUT2D eigenvalue weighted by Gasteiger charge is 2.15. The first-order chi connectivity index (χ1) is 8.05. The molecule has 1 saturated heterocycles. The third kappa shape index (κ3) is 3.39. The molecule has 0 saturated carbocycles. The molecule has 7 heteroatoms. The molecule has 0 radical (unpaired) electrons. The van der Waals surface area contributed by atoms with Crippen LogP contribution in [0.15, 0.2) is 23.2 Å². The smallest absolute Gasteiger partial charge is 0.239 e. The van der Waals surface area contributed by atoms with Crippen LogP contribution in [0.2, 0.25) is 0 Å². The van der Waals surface area contributed by atoms with E-state index in [1.54, 1.807) is 0 Å². The lowest BCUT2D eigenvalue weighted by Crippen LogP contribution is -2.37. The van der Waals surface area contributed by atoms with Crippen LogP contribution in [0.1, 0.15) is 12.8 Å². The van der Waals surface area contributed by atoms with E-state index in [-0.39, 0.29) is 11.0 Å². The van der Waals surface area contributed by atoms with Gasteiger partial charge in [-0.25, -0.2) is 18.5 Å². The van der Waals surface area contributed by atoms with Crippen molar-refractivity contribution in [1.82, 2.24) is 10.3 Å². The minimum absolute atomic E-state index is 0.00776. The van der Waals surface area contributed by atoms with Crippen LogP contribution in [-0.4, -0.2) is 32.6 Å². The fraction of sp³-hybridized carbons (Fsp3) is 0.500. The molecule has 1 fully saturated rings. The molecule has 2 rings (SSSR count). The first-order valence-electron chi connectivity index (χ1n) is 5.42. The maximum Gasteiger partial charge on any atom is 0.239 e. The predicted octanol–water partition coefficient (Wildman–Crippen LogP) is -0.140. The number of hydrogen-bond donors (Lipinski definition) is 2. The molecule has 1 aromatic heterocycles. The van der Waals surface area contributed by atoms with Gasteiger partial charge in [-0.2, -0.15) is 0 Å². The van der Waals surface area contributed by atoms with Gasteiger partial charge in [0, 0.05) is 12.6 Å². The second-order valence-corrected chi connectivity index (χ2v) is 5.52. The molecule has 94 valence electrons. The van der Waals surface area contributed by atoms with E-state index in [2.05, 4.69) is 10.3 Å². The van der Waals surface area contributed by atoms with Crippen LogP contribution in [0, 0.1) is 0 Å². The van der Waals surface area contributed by atoms with Crippen LogP contribution < -0.4 is 15.2 Å². The molecule has 1 atom stereocenters. The van der Waals surface area contributed by atoms with Gasteiger partial charge < -0.3 is 10.1 Å². The first kappa shape index (κ1) is 12.3. The monoisotopic (exact) mass is 257 g/mol. The van der Waals surface area contributed by atoms with E-state index >= 15 is 0 Å². The zero-order valence-electron chi connectivity index (χ0n) is 9.30. The van der Waals surface area contributed by atoms with Crippen LogP contribution in [-0.2, 0) is 10.0 Å². The lowest BCUT2D eigenvalue weighted by Gasteiger charge is -2.23. The van der Waals surface area contributed by atoms with E-state index in [9.17, 15) is 8.42 Å². The average Bonchev–Trinajstić information content (AvgIpc) is 2.30. The summed E-state index contributed by atoms with van der Waals surface area (Å²) in [5, 5.41) is 8.19. The summed E-state index contributed by atoms with van der Waals surface area (Å²) in [5.74, 6) is 0.422. The highest BCUT2D eigenvalue weighted by molar-refractivity contribution is 7.89. The van der Waals surface area contributed by atoms with Gasteiger partial charge in [-0.05, 0) is 25.5 Å². The molecular weight excluding hydrogens is 242 g/mol. The summed E-state index contributed by atoms with van der Waals surface area (Å²) >= 11 is 0. The molecule has 1 aromatic rings. The molecule has 0 spiro atoms. The zero-order valence-corrected chi connectivity index (χ0v) is 10.1. The van der Waals surface area contributed by atoms with Gasteiger partial charge in [0.2, 0.25) is 15.9 Å². The first-order valence-corrected chi connectivity index (χ1v) is 6.96. The Bertz CT molecular complexity index is 466. The van der Waals surface area contributed by atoms with E-state index in [0.29, 0.717) is 5.88 Å². The quantitative estimate of drug-likeness (QED) is 0.786. The number of nitrogens with zero attached hydrogens (tertiary/aromatic N) is 1. The number of pyridine rings is 1. The minimum atomic E-state index is -3.68. The van der Waals surface area contributed by atoms with Crippen LogP contribution in [0.3, 0.4) is 0 Å². The number of rotatable bonds is 3. The van der Waals surface area contributed by atoms with Gasteiger partial charge in [-0.15, -0.1) is 0 Å². The molecule has 1 aliphatic rings. The maximum atomic E-state index is 11.0. The molecule has 17 heavy (non-hydrogen) atoms. The Kier molecular flexibility index (Phi) is 3.60. The third-order valence-electron chi connectivity index (χ3n) is 2.58. The summed E-state index contributed by atoms with van der Waals surface area (Å²) in [6.45, 7) is 1.80. The number of ether oxygens (including phenoxy) is 1. The Morgan fingerprint density at radius 3 is 2.82 bits per heavy atom. The molecule has 3 N–H and O–H groups in total. The van der Waals surface area contributed by atoms with Crippen molar-refractivity contribution in [3.63, 3.8) is 0 Å². The predicted molar refractivity (Wildman–Crippen MR) is 62.1 cm³/mol. The maximum absolute atomic E-state index is 11.0. The van der Waals surface area contributed by atoms with Gasteiger partial charge >= 0.3 is 0 Å². The van der Waals surface area contributed by atoms with E-state index in [0.717, 1.165) is 25.9 Å². The minimum Gasteiger partial charge on any atom is -0.473 e. The Balaban J connectivity index is 2.03. The highest BCUT2D eigenvalue weighted by atomic mass is 32.2. The van der Waals surface area contributed by atoms with Crippen molar-refractivity contribution in [1.29, 1.82) is 0 Å². The van der Waals surface area contributed by atoms with E-state index in [4.69, 9.17) is 9.88 Å². The molecule has 1 unspecified atom stereocenters. The Hall–Kier alpha value is -1.18. The van der Waals surface area contributed by atoms with E-state index in [1.165, 1.54) is 18.3 Å². The van der Waals surface area contributed by atoms with Gasteiger partial charge in [0.1, 0.15) is 11.0 Å². The third-order valence-corrected chi connectivity index (χ3v) is 3.48. The Labute approximate surface area is 100 Å². The van der Waals surface area contributed by atoms with Crippen LogP contribution in [0.5, 0.6) is 5.88 Å². The second-order valence-electron chi connectivity index (χ2n) is 3.96. The number of piperidine rings is 1. The van der Waals surface area contributed by atoms with Crippen LogP contribution >= 0.6 is 0 Å². The lowest BCUT2D eigenvalue weighted by atomic mass is 10.1. The molecular formula is C10H15N3O3S. The molecule has 6 nitrogen and oxygen atoms in total. The van der Waals surface area contributed by atoms with Gasteiger partial charge in [-0.3, -0.25) is 0 Å². The van der Waals surface area contributed by atoms with E-state index in [1.807, 2.05) is 0 Å². The van der Waals surface area contributed by atoms with Crippen molar-refractivity contribution < 1.29 is 13.2 Å². The van der Waals surface area contributed by atoms with Crippen molar-refractivity contribution in [3.8, 4) is 5.88 Å². The number of nitrogens with two attached hydrogens (primary N) is 1. The van der Waals surface area contributed by atoms with Gasteiger partial charge in [-0.1, -0.05) is 0 Å². The van der Waals surface area contributed by atoms with Crippen molar-refractivity contribution in [2.24, 2.45) is 5.14 Å². The normalized spacial score (nSPS) is 21.1. The molecule has 0 bridgehead atoms. The Morgan fingerprint density at radius 2 is 2.29 bits per heavy atom. The number of aromatic nitrogens is 1. The summed E-state index contributed by atoms with van der Waals surface area (Å²) in [4.78, 5) is 3.92. The standard InChI is InChI=1S/C10H15N3O3S/c11-17(14,15)9-3-4-10(13-7-9)16-8-2-1-5-12-6-8/h3-4,7-8,12H,1-2,5-6H2,(H2,11,14,15). The van der Waals surface area contributed by atoms with Crippen molar-refractivity contribution in [3.05, 3.63) is 18.3 Å². The van der Waals surface area contributed by atoms with E-state index < -0.39 is 10.0 Å². The molecule has 0 aromatic carbocycles. The van der Waals surface area contributed by atoms with Crippen LogP contribution in [0.4, 0.5) is 0 Å². The average molecular weight is 257 g/mol. The zero-order chi connectivity index (χ0) is 12.3. The molecule has 0 amide bonds. The van der Waals surface area contributed by atoms with Crippen molar-refractivity contribution in [2.75, 3.05) is 13.1 Å².